The van der Waals surface area contributed by atoms with Crippen LogP contribution in [-0.4, -0.2) is 69.7 Å². The van der Waals surface area contributed by atoms with Gasteiger partial charge in [-0.3, -0.25) is 14.4 Å². The molecule has 1 fully saturated rings. The lowest BCUT2D eigenvalue weighted by Gasteiger charge is -2.26. The number of anilines is 1. The number of carbonyl (C=O) groups is 3. The third-order valence-electron chi connectivity index (χ3n) is 8.29. The van der Waals surface area contributed by atoms with E-state index in [9.17, 15) is 14.4 Å². The normalized spacial score (nSPS) is 14.0. The number of aromatic nitrogens is 2. The molecule has 1 N–H and O–H groups in total. The minimum atomic E-state index is -0.312. The average Bonchev–Trinajstić information content (AvgIpc) is 3.35. The number of ketones is 1. The Kier molecular flexibility index (Phi) is 11.5. The zero-order valence-electron chi connectivity index (χ0n) is 26.7. The molecule has 1 aliphatic rings. The van der Waals surface area contributed by atoms with Crippen molar-refractivity contribution in [2.24, 2.45) is 11.8 Å². The van der Waals surface area contributed by atoms with E-state index < -0.39 is 0 Å². The number of likely N-dealkylation sites (tertiary alicyclic amines) is 1. The van der Waals surface area contributed by atoms with Crippen molar-refractivity contribution >= 4 is 34.3 Å². The maximum Gasteiger partial charge on any atom is 0.291 e. The van der Waals surface area contributed by atoms with Crippen LogP contribution >= 0.6 is 0 Å². The van der Waals surface area contributed by atoms with Crippen LogP contribution in [0.25, 0.3) is 11.0 Å². The molecule has 2 heterocycles. The summed E-state index contributed by atoms with van der Waals surface area (Å²) < 4.78 is 1.97. The first-order valence-electron chi connectivity index (χ1n) is 16.1. The summed E-state index contributed by atoms with van der Waals surface area (Å²) in [6.07, 6.45) is 6.56. The highest BCUT2D eigenvalue weighted by atomic mass is 16.2. The van der Waals surface area contributed by atoms with Crippen LogP contribution in [0.3, 0.4) is 0 Å². The molecule has 0 aliphatic carbocycles. The molecule has 1 aliphatic heterocycles. The van der Waals surface area contributed by atoms with Gasteiger partial charge < -0.3 is 19.7 Å². The van der Waals surface area contributed by atoms with Crippen molar-refractivity contribution in [1.82, 2.24) is 19.4 Å². The molecule has 1 aromatic heterocycles. The van der Waals surface area contributed by atoms with Crippen LogP contribution < -0.4 is 5.32 Å². The van der Waals surface area contributed by atoms with Crippen LogP contribution in [0.15, 0.2) is 42.5 Å². The van der Waals surface area contributed by atoms with E-state index in [4.69, 9.17) is 4.98 Å². The minimum absolute atomic E-state index is 0.0225. The molecular formula is C35H49N5O3. The Morgan fingerprint density at radius 3 is 2.09 bits per heavy atom. The number of piperidine rings is 1. The van der Waals surface area contributed by atoms with Gasteiger partial charge in [-0.15, -0.1) is 0 Å². The second-order valence-corrected chi connectivity index (χ2v) is 12.8. The van der Waals surface area contributed by atoms with E-state index in [2.05, 4.69) is 37.9 Å². The Labute approximate surface area is 256 Å². The number of hydrogen-bond donors (Lipinski definition) is 1. The lowest BCUT2D eigenvalue weighted by Crippen LogP contribution is -2.34. The van der Waals surface area contributed by atoms with Gasteiger partial charge in [0.15, 0.2) is 11.6 Å². The van der Waals surface area contributed by atoms with Crippen LogP contribution in [0.1, 0.15) is 104 Å². The summed E-state index contributed by atoms with van der Waals surface area (Å²) in [6.45, 7) is 15.5. The molecule has 232 valence electrons. The van der Waals surface area contributed by atoms with Gasteiger partial charge in [-0.05, 0) is 113 Å². The first-order chi connectivity index (χ1) is 20.6. The number of Topliss-reactive ketones (excluding diaryl/α,β-unsaturated/α-hetero) is 1. The van der Waals surface area contributed by atoms with Crippen molar-refractivity contribution < 1.29 is 14.4 Å². The van der Waals surface area contributed by atoms with Gasteiger partial charge in [0.1, 0.15) is 0 Å². The molecule has 3 aromatic rings. The summed E-state index contributed by atoms with van der Waals surface area (Å²) in [5.74, 6) is 1.04. The molecule has 2 amide bonds. The molecule has 0 spiro atoms. The molecule has 4 rings (SSSR count). The number of carbonyl (C=O) groups excluding carboxylic acids is 3. The summed E-state index contributed by atoms with van der Waals surface area (Å²) in [4.78, 5) is 48.3. The van der Waals surface area contributed by atoms with Crippen LogP contribution in [0.2, 0.25) is 0 Å². The smallest absolute Gasteiger partial charge is 0.291 e. The van der Waals surface area contributed by atoms with Crippen LogP contribution in [0, 0.1) is 11.8 Å². The van der Waals surface area contributed by atoms with E-state index in [0.29, 0.717) is 46.5 Å². The molecule has 0 atom stereocenters. The number of nitrogens with one attached hydrogen (secondary N) is 1. The summed E-state index contributed by atoms with van der Waals surface area (Å²) >= 11 is 0. The molecule has 8 nitrogen and oxygen atoms in total. The van der Waals surface area contributed by atoms with Gasteiger partial charge in [-0.1, -0.05) is 34.1 Å². The molecule has 0 unspecified atom stereocenters. The Morgan fingerprint density at radius 2 is 1.49 bits per heavy atom. The van der Waals surface area contributed by atoms with Gasteiger partial charge in [0.05, 0.1) is 11.0 Å². The van der Waals surface area contributed by atoms with Crippen molar-refractivity contribution in [3.05, 3.63) is 59.4 Å². The number of nitrogens with zero attached hydrogens (tertiary/aromatic N) is 4. The van der Waals surface area contributed by atoms with Gasteiger partial charge in [0.25, 0.3) is 11.8 Å². The highest BCUT2D eigenvalue weighted by Gasteiger charge is 2.22. The molecule has 43 heavy (non-hydrogen) atoms. The van der Waals surface area contributed by atoms with E-state index in [-0.39, 0.29) is 17.6 Å². The number of aryl methyl sites for hydroxylation is 1. The number of rotatable bonds is 14. The molecular weight excluding hydrogens is 538 g/mol. The molecule has 8 heteroatoms. The van der Waals surface area contributed by atoms with Crippen LogP contribution in [0.5, 0.6) is 0 Å². The third-order valence-corrected chi connectivity index (χ3v) is 8.29. The average molecular weight is 588 g/mol. The number of imidazole rings is 1. The zero-order valence-corrected chi connectivity index (χ0v) is 26.7. The minimum Gasteiger partial charge on any atom is -0.339 e. The number of hydrogen-bond acceptors (Lipinski definition) is 5. The van der Waals surface area contributed by atoms with Gasteiger partial charge in [-0.2, -0.15) is 0 Å². The fourth-order valence-corrected chi connectivity index (χ4v) is 5.59. The first-order valence-corrected chi connectivity index (χ1v) is 16.1. The quantitative estimate of drug-likeness (QED) is 0.207. The van der Waals surface area contributed by atoms with Gasteiger partial charge in [-0.25, -0.2) is 4.98 Å². The SMILES string of the molecule is CC(=O)c1ccc(NC(=O)c2nc3ccc(C(=O)N(CCC(C)C)CCC(C)C)cc3n2CCCN2CCCCC2)cc1. The van der Waals surface area contributed by atoms with Gasteiger partial charge in [0.2, 0.25) is 0 Å². The van der Waals surface area contributed by atoms with E-state index >= 15 is 0 Å². The Bertz CT molecular complexity index is 1370. The summed E-state index contributed by atoms with van der Waals surface area (Å²) in [6, 6.07) is 12.5. The predicted octanol–water partition coefficient (Wildman–Crippen LogP) is 6.90. The zero-order chi connectivity index (χ0) is 30.9. The second kappa shape index (κ2) is 15.3. The standard InChI is InChI=1S/C35H49N5O3/c1-25(2)16-22-39(23-17-26(3)4)35(43)29-12-15-31-32(24-29)40(21-9-20-38-18-7-6-8-19-38)33(37-31)34(42)36-30-13-10-28(11-14-30)27(5)41/h10-15,24-26H,6-9,16-23H2,1-5H3,(H,36,42). The lowest BCUT2D eigenvalue weighted by atomic mass is 10.1. The van der Waals surface area contributed by atoms with E-state index in [1.807, 2.05) is 27.7 Å². The van der Waals surface area contributed by atoms with Crippen molar-refractivity contribution in [3.8, 4) is 0 Å². The van der Waals surface area contributed by atoms with Crippen molar-refractivity contribution in [2.45, 2.75) is 79.7 Å². The van der Waals surface area contributed by atoms with Crippen LogP contribution in [0.4, 0.5) is 5.69 Å². The fourth-order valence-electron chi connectivity index (χ4n) is 5.59. The predicted molar refractivity (Wildman–Crippen MR) is 174 cm³/mol. The van der Waals surface area contributed by atoms with Crippen molar-refractivity contribution in [2.75, 3.05) is 38.0 Å². The second-order valence-electron chi connectivity index (χ2n) is 12.8. The topological polar surface area (TPSA) is 87.5 Å². The molecule has 2 aromatic carbocycles. The Balaban J connectivity index is 1.62. The molecule has 0 bridgehead atoms. The van der Waals surface area contributed by atoms with Gasteiger partial charge >= 0.3 is 0 Å². The van der Waals surface area contributed by atoms with E-state index in [1.165, 1.54) is 26.2 Å². The summed E-state index contributed by atoms with van der Waals surface area (Å²) in [7, 11) is 0. The monoisotopic (exact) mass is 587 g/mol. The highest BCUT2D eigenvalue weighted by molar-refractivity contribution is 6.05. The first kappa shape index (κ1) is 32.4. The largest absolute Gasteiger partial charge is 0.339 e. The van der Waals surface area contributed by atoms with Crippen molar-refractivity contribution in [3.63, 3.8) is 0 Å². The third kappa shape index (κ3) is 8.99. The van der Waals surface area contributed by atoms with Crippen molar-refractivity contribution in [1.29, 1.82) is 0 Å². The lowest BCUT2D eigenvalue weighted by molar-refractivity contribution is 0.0740. The number of amides is 2. The summed E-state index contributed by atoms with van der Waals surface area (Å²) in [5, 5.41) is 2.96. The highest BCUT2D eigenvalue weighted by Crippen LogP contribution is 2.22. The van der Waals surface area contributed by atoms with E-state index in [0.717, 1.165) is 57.5 Å². The van der Waals surface area contributed by atoms with E-state index in [1.54, 1.807) is 24.3 Å². The maximum atomic E-state index is 13.8. The molecule has 0 radical (unpaired) electrons. The molecule has 0 saturated carbocycles. The number of fused-ring (bicyclic) bond motifs is 1. The van der Waals surface area contributed by atoms with Crippen LogP contribution in [-0.2, 0) is 6.54 Å². The maximum absolute atomic E-state index is 13.8. The molecule has 1 saturated heterocycles. The number of benzene rings is 2. The Hall–Kier alpha value is -3.52. The summed E-state index contributed by atoms with van der Waals surface area (Å²) in [5.41, 5.74) is 3.32. The van der Waals surface area contributed by atoms with Gasteiger partial charge in [0, 0.05) is 36.4 Å². The Morgan fingerprint density at radius 1 is 0.860 bits per heavy atom. The fraction of sp³-hybridized carbons (Fsp3) is 0.543.